The zero-order chi connectivity index (χ0) is 24.7. The molecule has 186 valence electrons. The summed E-state index contributed by atoms with van der Waals surface area (Å²) in [5.41, 5.74) is 1.01. The largest absolute Gasteiger partial charge is 0.394 e. The van der Waals surface area contributed by atoms with Crippen LogP contribution in [0.1, 0.15) is 32.4 Å². The number of ether oxygens (including phenoxy) is 1. The van der Waals surface area contributed by atoms with Gasteiger partial charge in [-0.25, -0.2) is 9.18 Å². The van der Waals surface area contributed by atoms with E-state index in [4.69, 9.17) is 4.74 Å². The molecule has 1 aliphatic heterocycles. The Hall–Kier alpha value is -3.05. The second kappa shape index (κ2) is 11.9. The molecule has 34 heavy (non-hydrogen) atoms. The molecule has 0 radical (unpaired) electrons. The number of urea groups is 1. The lowest BCUT2D eigenvalue weighted by atomic mass is 10.0. The van der Waals surface area contributed by atoms with Crippen LogP contribution >= 0.6 is 0 Å². The van der Waals surface area contributed by atoms with E-state index >= 15 is 0 Å². The predicted octanol–water partition coefficient (Wildman–Crippen LogP) is 2.11. The Balaban J connectivity index is 1.75. The lowest BCUT2D eigenvalue weighted by molar-refractivity contribution is -0.136. The summed E-state index contributed by atoms with van der Waals surface area (Å²) in [6.45, 7) is 4.97. The number of benzene rings is 1. The quantitative estimate of drug-likeness (QED) is 0.684. The van der Waals surface area contributed by atoms with Crippen LogP contribution in [-0.4, -0.2) is 80.7 Å². The summed E-state index contributed by atoms with van der Waals surface area (Å²) in [4.78, 5) is 28.8. The zero-order valence-corrected chi connectivity index (χ0v) is 19.9. The first-order valence-electron chi connectivity index (χ1n) is 11.5. The van der Waals surface area contributed by atoms with E-state index in [1.165, 1.54) is 23.1 Å². The number of anilines is 1. The van der Waals surface area contributed by atoms with Crippen LogP contribution in [0.2, 0.25) is 0 Å². The number of aryl methyl sites for hydroxylation is 1. The highest BCUT2D eigenvalue weighted by molar-refractivity contribution is 5.89. The number of nitrogens with zero attached hydrogens (tertiary/aromatic N) is 5. The minimum absolute atomic E-state index is 0.0519. The van der Waals surface area contributed by atoms with E-state index in [-0.39, 0.29) is 37.6 Å². The van der Waals surface area contributed by atoms with Crippen molar-refractivity contribution in [2.45, 2.75) is 52.0 Å². The van der Waals surface area contributed by atoms with Crippen LogP contribution in [0.5, 0.6) is 0 Å². The number of aliphatic hydroxyl groups excluding tert-OH is 1. The van der Waals surface area contributed by atoms with Gasteiger partial charge in [0, 0.05) is 44.7 Å². The van der Waals surface area contributed by atoms with Gasteiger partial charge in [0.1, 0.15) is 11.5 Å². The van der Waals surface area contributed by atoms with Crippen molar-refractivity contribution in [3.63, 3.8) is 0 Å². The molecule has 0 aliphatic carbocycles. The molecular weight excluding hydrogens is 443 g/mol. The maximum Gasteiger partial charge on any atom is 0.321 e. The Morgan fingerprint density at radius 3 is 2.97 bits per heavy atom. The maximum absolute atomic E-state index is 13.5. The Labute approximate surface area is 198 Å². The van der Waals surface area contributed by atoms with Gasteiger partial charge >= 0.3 is 6.03 Å². The topological polar surface area (TPSA) is 113 Å². The third-order valence-corrected chi connectivity index (χ3v) is 5.92. The maximum atomic E-state index is 13.5. The first-order chi connectivity index (χ1) is 16.3. The van der Waals surface area contributed by atoms with E-state index in [1.807, 2.05) is 6.92 Å². The highest BCUT2D eigenvalue weighted by atomic mass is 19.1. The van der Waals surface area contributed by atoms with Crippen molar-refractivity contribution in [1.82, 2.24) is 24.8 Å². The Kier molecular flexibility index (Phi) is 8.94. The molecule has 1 aliphatic rings. The zero-order valence-electron chi connectivity index (χ0n) is 19.9. The van der Waals surface area contributed by atoms with Crippen molar-refractivity contribution in [3.05, 3.63) is 42.0 Å². The van der Waals surface area contributed by atoms with Crippen LogP contribution < -0.4 is 5.32 Å². The molecule has 0 fully saturated rings. The van der Waals surface area contributed by atoms with Crippen molar-refractivity contribution >= 4 is 17.6 Å². The van der Waals surface area contributed by atoms with Crippen molar-refractivity contribution in [1.29, 1.82) is 0 Å². The smallest absolute Gasteiger partial charge is 0.321 e. The molecule has 0 unspecified atom stereocenters. The van der Waals surface area contributed by atoms with Gasteiger partial charge < -0.3 is 25.0 Å². The summed E-state index contributed by atoms with van der Waals surface area (Å²) >= 11 is 0. The van der Waals surface area contributed by atoms with Gasteiger partial charge in [-0.05, 0) is 31.5 Å². The number of aliphatic hydroxyl groups is 1. The lowest BCUT2D eigenvalue weighted by Gasteiger charge is -2.35. The number of carbonyl (C=O) groups excluding carboxylic acids is 2. The Morgan fingerprint density at radius 2 is 2.24 bits per heavy atom. The SMILES string of the molecule is C[C@@H]1CN([C@@H](C)CO)C(=O)CCCn2cc(nn2)CO[C@H]1CN(C)C(=O)Nc1cccc(F)c1. The van der Waals surface area contributed by atoms with Crippen molar-refractivity contribution in [2.24, 2.45) is 5.92 Å². The number of halogens is 1. The minimum atomic E-state index is -0.441. The number of nitrogens with one attached hydrogen (secondary N) is 1. The van der Waals surface area contributed by atoms with E-state index in [9.17, 15) is 19.1 Å². The molecule has 2 heterocycles. The summed E-state index contributed by atoms with van der Waals surface area (Å²) in [6, 6.07) is 4.92. The third kappa shape index (κ3) is 6.97. The number of fused-ring (bicyclic) bond motifs is 2. The fourth-order valence-corrected chi connectivity index (χ4v) is 3.83. The number of carbonyl (C=O) groups is 2. The number of rotatable bonds is 5. The molecule has 1 aromatic carbocycles. The van der Waals surface area contributed by atoms with E-state index < -0.39 is 18.0 Å². The van der Waals surface area contributed by atoms with Crippen molar-refractivity contribution in [2.75, 3.05) is 32.1 Å². The van der Waals surface area contributed by atoms with Gasteiger partial charge in [0.15, 0.2) is 0 Å². The van der Waals surface area contributed by atoms with Gasteiger partial charge in [-0.2, -0.15) is 0 Å². The molecule has 0 spiro atoms. The van der Waals surface area contributed by atoms with Gasteiger partial charge in [-0.3, -0.25) is 9.48 Å². The number of aromatic nitrogens is 3. The second-order valence-corrected chi connectivity index (χ2v) is 8.80. The van der Waals surface area contributed by atoms with Crippen LogP contribution in [0.15, 0.2) is 30.5 Å². The molecule has 3 rings (SSSR count). The summed E-state index contributed by atoms with van der Waals surface area (Å²) in [7, 11) is 1.63. The minimum Gasteiger partial charge on any atom is -0.394 e. The van der Waals surface area contributed by atoms with Gasteiger partial charge in [0.2, 0.25) is 5.91 Å². The second-order valence-electron chi connectivity index (χ2n) is 8.80. The van der Waals surface area contributed by atoms with Crippen LogP contribution in [0, 0.1) is 11.7 Å². The van der Waals surface area contributed by atoms with Gasteiger partial charge in [-0.15, -0.1) is 5.10 Å². The van der Waals surface area contributed by atoms with Gasteiger partial charge in [0.05, 0.1) is 31.6 Å². The van der Waals surface area contributed by atoms with E-state index in [1.54, 1.807) is 35.8 Å². The van der Waals surface area contributed by atoms with E-state index in [0.717, 1.165) is 0 Å². The molecule has 11 heteroatoms. The molecule has 2 bridgehead atoms. The molecule has 3 amide bonds. The normalized spacial score (nSPS) is 20.6. The molecule has 1 aromatic heterocycles. The summed E-state index contributed by atoms with van der Waals surface area (Å²) < 4.78 is 21.3. The average Bonchev–Trinajstić information content (AvgIpc) is 3.26. The molecular formula is C23H33FN6O4. The van der Waals surface area contributed by atoms with Crippen molar-refractivity contribution < 1.29 is 23.8 Å². The molecule has 0 saturated heterocycles. The standard InChI is InChI=1S/C23H33FN6O4/c1-16-11-30(17(2)14-31)22(32)8-5-9-29-12-20(26-27-29)15-34-21(16)13-28(3)23(33)25-19-7-4-6-18(24)10-19/h4,6-7,10,12,16-17,21,31H,5,8-9,11,13-15H2,1-3H3,(H,25,33)/t16-,17+,21+/m1/s1. The fourth-order valence-electron chi connectivity index (χ4n) is 3.83. The fraction of sp³-hybridized carbons (Fsp3) is 0.565. The molecule has 0 saturated carbocycles. The highest BCUT2D eigenvalue weighted by Crippen LogP contribution is 2.18. The first kappa shape index (κ1) is 25.6. The Morgan fingerprint density at radius 1 is 1.44 bits per heavy atom. The van der Waals surface area contributed by atoms with Crippen LogP contribution in [0.25, 0.3) is 0 Å². The summed E-state index contributed by atoms with van der Waals surface area (Å²) in [5, 5.41) is 20.6. The van der Waals surface area contributed by atoms with E-state index in [0.29, 0.717) is 37.3 Å². The van der Waals surface area contributed by atoms with Gasteiger partial charge in [-0.1, -0.05) is 18.2 Å². The monoisotopic (exact) mass is 476 g/mol. The van der Waals surface area contributed by atoms with Crippen LogP contribution in [-0.2, 0) is 22.7 Å². The molecule has 3 atom stereocenters. The summed E-state index contributed by atoms with van der Waals surface area (Å²) in [6.07, 6.45) is 2.29. The molecule has 2 N–H and O–H groups in total. The number of amides is 3. The average molecular weight is 477 g/mol. The van der Waals surface area contributed by atoms with E-state index in [2.05, 4.69) is 15.6 Å². The van der Waals surface area contributed by atoms with Crippen molar-refractivity contribution in [3.8, 4) is 0 Å². The lowest BCUT2D eigenvalue weighted by Crippen LogP contribution is -2.48. The third-order valence-electron chi connectivity index (χ3n) is 5.92. The number of hydrogen-bond donors (Lipinski definition) is 2. The molecule has 10 nitrogen and oxygen atoms in total. The first-order valence-corrected chi connectivity index (χ1v) is 11.5. The molecule has 2 aromatic rings. The predicted molar refractivity (Wildman–Crippen MR) is 123 cm³/mol. The summed E-state index contributed by atoms with van der Waals surface area (Å²) in [5.74, 6) is -0.648. The Bertz CT molecular complexity index is 970. The van der Waals surface area contributed by atoms with Gasteiger partial charge in [0.25, 0.3) is 0 Å². The number of hydrogen-bond acceptors (Lipinski definition) is 6. The van der Waals surface area contributed by atoms with Crippen LogP contribution in [0.4, 0.5) is 14.9 Å². The van der Waals surface area contributed by atoms with Crippen LogP contribution in [0.3, 0.4) is 0 Å². The number of likely N-dealkylation sites (N-methyl/N-ethyl adjacent to an activating group) is 1. The highest BCUT2D eigenvalue weighted by Gasteiger charge is 2.28.